The van der Waals surface area contributed by atoms with E-state index in [1.165, 1.54) is 0 Å². The number of alkyl halides is 4. The van der Waals surface area contributed by atoms with Crippen LogP contribution in [0.5, 0.6) is 0 Å². The second kappa shape index (κ2) is 3.03. The average molecular weight is 143 g/mol. The molecule has 0 aliphatic carbocycles. The first kappa shape index (κ1) is 8.72. The Labute approximate surface area is 50.9 Å². The molecule has 0 bridgehead atoms. The van der Waals surface area contributed by atoms with E-state index >= 15 is 0 Å². The van der Waals surface area contributed by atoms with Gasteiger partial charge in [0.25, 0.3) is 0 Å². The first-order valence-corrected chi connectivity index (χ1v) is 2.46. The van der Waals surface area contributed by atoms with Crippen LogP contribution in [0.3, 0.4) is 0 Å². The van der Waals surface area contributed by atoms with Crippen LogP contribution < -0.4 is 0 Å². The molecule has 0 heterocycles. The molecule has 0 aromatic heterocycles. The Balaban J connectivity index is 3.28. The van der Waals surface area contributed by atoms with E-state index in [-0.39, 0.29) is 0 Å². The van der Waals surface area contributed by atoms with Gasteiger partial charge in [0, 0.05) is 6.42 Å². The summed E-state index contributed by atoms with van der Waals surface area (Å²) in [4.78, 5) is 0. The normalized spacial score (nSPS) is 15.7. The fourth-order valence-corrected chi connectivity index (χ4v) is 0.320. The van der Waals surface area contributed by atoms with Crippen LogP contribution in [0.4, 0.5) is 17.6 Å². The highest BCUT2D eigenvalue weighted by Gasteiger charge is 2.27. The molecule has 0 rings (SSSR count). The van der Waals surface area contributed by atoms with Gasteiger partial charge in [0.15, 0.2) is 0 Å². The van der Waals surface area contributed by atoms with E-state index in [4.69, 9.17) is 0 Å². The van der Waals surface area contributed by atoms with Crippen molar-refractivity contribution in [3.63, 3.8) is 0 Å². The molecule has 0 saturated carbocycles. The minimum atomic E-state index is -4.25. The summed E-state index contributed by atoms with van der Waals surface area (Å²) >= 11 is 0. The SMILES string of the molecule is [CH2]C(F)CCC(F)(F)F. The molecule has 1 radical (unpaired) electrons. The molecule has 1 atom stereocenters. The second-order valence-corrected chi connectivity index (χ2v) is 1.75. The molecule has 0 saturated heterocycles. The summed E-state index contributed by atoms with van der Waals surface area (Å²) in [6.45, 7) is 2.77. The van der Waals surface area contributed by atoms with Crippen molar-refractivity contribution in [3.8, 4) is 0 Å². The molecular weight excluding hydrogens is 136 g/mol. The third-order valence-electron chi connectivity index (χ3n) is 0.741. The van der Waals surface area contributed by atoms with Crippen LogP contribution in [0.15, 0.2) is 0 Å². The lowest BCUT2D eigenvalue weighted by Gasteiger charge is -2.04. The maximum absolute atomic E-state index is 11.6. The van der Waals surface area contributed by atoms with Gasteiger partial charge in [-0.1, -0.05) is 0 Å². The van der Waals surface area contributed by atoms with Gasteiger partial charge in [-0.2, -0.15) is 13.2 Å². The summed E-state index contributed by atoms with van der Waals surface area (Å²) in [5.74, 6) is 0. The Morgan fingerprint density at radius 1 is 1.33 bits per heavy atom. The van der Waals surface area contributed by atoms with Gasteiger partial charge in [0.1, 0.15) is 6.17 Å². The van der Waals surface area contributed by atoms with Crippen molar-refractivity contribution >= 4 is 0 Å². The summed E-state index contributed by atoms with van der Waals surface area (Å²) in [5, 5.41) is 0. The predicted molar refractivity (Wildman–Crippen MR) is 25.5 cm³/mol. The lowest BCUT2D eigenvalue weighted by molar-refractivity contribution is -0.137. The topological polar surface area (TPSA) is 0 Å². The van der Waals surface area contributed by atoms with E-state index in [0.717, 1.165) is 0 Å². The summed E-state index contributed by atoms with van der Waals surface area (Å²) < 4.78 is 45.3. The summed E-state index contributed by atoms with van der Waals surface area (Å²) in [6.07, 6.45) is -7.48. The molecule has 0 amide bonds. The van der Waals surface area contributed by atoms with Gasteiger partial charge < -0.3 is 0 Å². The van der Waals surface area contributed by atoms with Crippen LogP contribution in [-0.4, -0.2) is 12.3 Å². The first-order chi connectivity index (χ1) is 3.92. The minimum absolute atomic E-state index is 0.538. The molecule has 0 aliphatic rings. The van der Waals surface area contributed by atoms with E-state index < -0.39 is 25.2 Å². The van der Waals surface area contributed by atoms with Crippen LogP contribution in [0, 0.1) is 6.92 Å². The van der Waals surface area contributed by atoms with Crippen LogP contribution in [0.25, 0.3) is 0 Å². The molecule has 0 nitrogen and oxygen atoms in total. The monoisotopic (exact) mass is 143 g/mol. The molecule has 0 aliphatic heterocycles. The first-order valence-electron chi connectivity index (χ1n) is 2.46. The van der Waals surface area contributed by atoms with Gasteiger partial charge in [-0.25, -0.2) is 4.39 Å². The average Bonchev–Trinajstić information content (AvgIpc) is 1.59. The van der Waals surface area contributed by atoms with E-state index in [0.29, 0.717) is 0 Å². The highest BCUT2D eigenvalue weighted by Crippen LogP contribution is 2.22. The molecule has 0 aromatic rings. The van der Waals surface area contributed by atoms with Crippen LogP contribution in [-0.2, 0) is 0 Å². The van der Waals surface area contributed by atoms with E-state index in [1.807, 2.05) is 0 Å². The lowest BCUT2D eigenvalue weighted by Crippen LogP contribution is -2.09. The van der Waals surface area contributed by atoms with Gasteiger partial charge in [0.2, 0.25) is 0 Å². The quantitative estimate of drug-likeness (QED) is 0.521. The number of hydrogen-bond acceptors (Lipinski definition) is 0. The largest absolute Gasteiger partial charge is 0.389 e. The molecule has 0 aromatic carbocycles. The summed E-state index contributed by atoms with van der Waals surface area (Å²) in [6, 6.07) is 0. The highest BCUT2D eigenvalue weighted by molar-refractivity contribution is 4.60. The van der Waals surface area contributed by atoms with E-state index in [9.17, 15) is 17.6 Å². The van der Waals surface area contributed by atoms with Crippen molar-refractivity contribution in [2.45, 2.75) is 25.2 Å². The lowest BCUT2D eigenvalue weighted by atomic mass is 10.2. The van der Waals surface area contributed by atoms with Gasteiger partial charge in [-0.05, 0) is 13.3 Å². The molecule has 9 heavy (non-hydrogen) atoms. The van der Waals surface area contributed by atoms with Crippen LogP contribution in [0.2, 0.25) is 0 Å². The molecule has 0 N–H and O–H groups in total. The smallest absolute Gasteiger partial charge is 0.247 e. The maximum Gasteiger partial charge on any atom is 0.389 e. The van der Waals surface area contributed by atoms with Crippen molar-refractivity contribution in [1.82, 2.24) is 0 Å². The Morgan fingerprint density at radius 2 is 1.78 bits per heavy atom. The maximum atomic E-state index is 11.6. The number of halogens is 4. The zero-order valence-corrected chi connectivity index (χ0v) is 4.71. The van der Waals surface area contributed by atoms with Gasteiger partial charge >= 0.3 is 6.18 Å². The summed E-state index contributed by atoms with van der Waals surface area (Å²) in [7, 11) is 0. The van der Waals surface area contributed by atoms with E-state index in [1.54, 1.807) is 0 Å². The summed E-state index contributed by atoms with van der Waals surface area (Å²) in [5.41, 5.74) is 0. The van der Waals surface area contributed by atoms with Crippen molar-refractivity contribution in [3.05, 3.63) is 6.92 Å². The van der Waals surface area contributed by atoms with Crippen molar-refractivity contribution in [2.24, 2.45) is 0 Å². The van der Waals surface area contributed by atoms with Crippen molar-refractivity contribution in [2.75, 3.05) is 0 Å². The molecule has 55 valence electrons. The highest BCUT2D eigenvalue weighted by atomic mass is 19.4. The Hall–Kier alpha value is -0.280. The Bertz CT molecular complexity index is 73.5. The minimum Gasteiger partial charge on any atom is -0.247 e. The molecule has 0 fully saturated rings. The number of hydrogen-bond donors (Lipinski definition) is 0. The fraction of sp³-hybridized carbons (Fsp3) is 0.800. The molecular formula is C5H7F4. The number of rotatable bonds is 2. The molecule has 4 heteroatoms. The predicted octanol–water partition coefficient (Wildman–Crippen LogP) is 2.50. The fourth-order valence-electron chi connectivity index (χ4n) is 0.320. The zero-order chi connectivity index (χ0) is 7.49. The third-order valence-corrected chi connectivity index (χ3v) is 0.741. The van der Waals surface area contributed by atoms with Gasteiger partial charge in [-0.15, -0.1) is 0 Å². The van der Waals surface area contributed by atoms with Gasteiger partial charge in [0.05, 0.1) is 0 Å². The van der Waals surface area contributed by atoms with E-state index in [2.05, 4.69) is 6.92 Å². The third kappa shape index (κ3) is 7.72. The Kier molecular flexibility index (Phi) is 2.94. The van der Waals surface area contributed by atoms with Crippen molar-refractivity contribution in [1.29, 1.82) is 0 Å². The van der Waals surface area contributed by atoms with Crippen molar-refractivity contribution < 1.29 is 17.6 Å². The standard InChI is InChI=1S/C5H7F4/c1-4(6)2-3-5(7,8)9/h4H,1-3H2. The van der Waals surface area contributed by atoms with Crippen LogP contribution in [0.1, 0.15) is 12.8 Å². The molecule has 0 spiro atoms. The second-order valence-electron chi connectivity index (χ2n) is 1.75. The Morgan fingerprint density at radius 3 is 1.89 bits per heavy atom. The van der Waals surface area contributed by atoms with Crippen LogP contribution >= 0.6 is 0 Å². The van der Waals surface area contributed by atoms with Gasteiger partial charge in [-0.3, -0.25) is 0 Å². The molecule has 1 unspecified atom stereocenters. The zero-order valence-electron chi connectivity index (χ0n) is 4.71.